The van der Waals surface area contributed by atoms with Gasteiger partial charge in [0.05, 0.1) is 11.8 Å². The van der Waals surface area contributed by atoms with Crippen molar-refractivity contribution in [3.8, 4) is 0 Å². The maximum Gasteiger partial charge on any atom is 0.251 e. The molecule has 1 aromatic rings. The summed E-state index contributed by atoms with van der Waals surface area (Å²) < 4.78 is 0. The largest absolute Gasteiger partial charge is 0.387 e. The number of aliphatic hydroxyl groups is 1. The average molecular weight is 269 g/mol. The molecule has 1 fully saturated rings. The van der Waals surface area contributed by atoms with Gasteiger partial charge in [0.25, 0.3) is 5.91 Å². The molecule has 1 atom stereocenters. The summed E-state index contributed by atoms with van der Waals surface area (Å²) >= 11 is 1.31. The lowest BCUT2D eigenvalue weighted by Crippen LogP contribution is -2.64. The molecule has 1 unspecified atom stereocenters. The minimum absolute atomic E-state index is 0.0888. The van der Waals surface area contributed by atoms with E-state index in [0.717, 1.165) is 0 Å². The number of hydrogen-bond acceptors (Lipinski definition) is 6. The average Bonchev–Trinajstić information content (AvgIpc) is 2.72. The topological polar surface area (TPSA) is 82.5 Å². The van der Waals surface area contributed by atoms with Crippen molar-refractivity contribution in [3.63, 3.8) is 0 Å². The molecular weight excluding hydrogens is 254 g/mol. The van der Waals surface area contributed by atoms with Crippen LogP contribution in [0.2, 0.25) is 0 Å². The lowest BCUT2D eigenvalue weighted by molar-refractivity contribution is -0.135. The minimum atomic E-state index is -0.832. The fraction of sp³-hybridized carbons (Fsp3) is 0.545. The summed E-state index contributed by atoms with van der Waals surface area (Å²) in [6, 6.07) is 0. The van der Waals surface area contributed by atoms with E-state index in [-0.39, 0.29) is 18.4 Å². The van der Waals surface area contributed by atoms with Crippen molar-refractivity contribution in [2.45, 2.75) is 32.4 Å². The number of aliphatic hydroxyl groups excluding tert-OH is 1. The summed E-state index contributed by atoms with van der Waals surface area (Å²) in [7, 11) is 0. The standard InChI is InChI=1S/C11H15N3O3S/c1-6(15)7-5-18-10(12-7)14-4-8(16)13-9(17)11(14,2)3/h5-6,15H,4H2,1-3H3,(H,13,16,17). The van der Waals surface area contributed by atoms with Crippen LogP contribution in [0.5, 0.6) is 0 Å². The molecule has 0 saturated carbocycles. The Bertz CT molecular complexity index is 495. The summed E-state index contributed by atoms with van der Waals surface area (Å²) in [5, 5.41) is 14.1. The molecular formula is C11H15N3O3S. The van der Waals surface area contributed by atoms with Crippen LogP contribution in [0.4, 0.5) is 5.13 Å². The first-order valence-corrected chi connectivity index (χ1v) is 6.45. The van der Waals surface area contributed by atoms with Crippen LogP contribution >= 0.6 is 11.3 Å². The zero-order chi connectivity index (χ0) is 13.5. The van der Waals surface area contributed by atoms with Gasteiger partial charge in [0, 0.05) is 5.38 Å². The number of nitrogens with one attached hydrogen (secondary N) is 1. The van der Waals surface area contributed by atoms with Gasteiger partial charge >= 0.3 is 0 Å². The first kappa shape index (κ1) is 13.0. The highest BCUT2D eigenvalue weighted by molar-refractivity contribution is 7.13. The van der Waals surface area contributed by atoms with Crippen LogP contribution in [-0.4, -0.2) is 34.0 Å². The molecule has 1 aliphatic rings. The molecule has 98 valence electrons. The van der Waals surface area contributed by atoms with Crippen LogP contribution in [0.25, 0.3) is 0 Å². The fourth-order valence-corrected chi connectivity index (χ4v) is 2.74. The smallest absolute Gasteiger partial charge is 0.251 e. The molecule has 1 saturated heterocycles. The van der Waals surface area contributed by atoms with Gasteiger partial charge in [-0.05, 0) is 20.8 Å². The third-order valence-electron chi connectivity index (χ3n) is 2.95. The van der Waals surface area contributed by atoms with Crippen molar-refractivity contribution in [1.29, 1.82) is 0 Å². The van der Waals surface area contributed by atoms with Gasteiger partial charge in [-0.15, -0.1) is 11.3 Å². The number of nitrogens with zero attached hydrogens (tertiary/aromatic N) is 2. The van der Waals surface area contributed by atoms with Crippen LogP contribution in [0.15, 0.2) is 5.38 Å². The molecule has 6 nitrogen and oxygen atoms in total. The summed E-state index contributed by atoms with van der Waals surface area (Å²) in [4.78, 5) is 29.2. The highest BCUT2D eigenvalue weighted by Crippen LogP contribution is 2.30. The van der Waals surface area contributed by atoms with Crippen LogP contribution in [0.1, 0.15) is 32.6 Å². The van der Waals surface area contributed by atoms with E-state index in [2.05, 4.69) is 10.3 Å². The number of imide groups is 1. The molecule has 1 aromatic heterocycles. The van der Waals surface area contributed by atoms with Gasteiger partial charge in [0.1, 0.15) is 12.1 Å². The Morgan fingerprint density at radius 1 is 1.56 bits per heavy atom. The number of aromatic nitrogens is 1. The zero-order valence-electron chi connectivity index (χ0n) is 10.4. The summed E-state index contributed by atoms with van der Waals surface area (Å²) in [5.74, 6) is -0.680. The zero-order valence-corrected chi connectivity index (χ0v) is 11.2. The quantitative estimate of drug-likeness (QED) is 0.761. The highest BCUT2D eigenvalue weighted by Gasteiger charge is 2.42. The fourth-order valence-electron chi connectivity index (χ4n) is 1.68. The van der Waals surface area contributed by atoms with Crippen molar-refractivity contribution in [1.82, 2.24) is 10.3 Å². The molecule has 2 heterocycles. The number of hydrogen-bond donors (Lipinski definition) is 2. The van der Waals surface area contributed by atoms with Crippen molar-refractivity contribution in [2.24, 2.45) is 0 Å². The molecule has 0 aliphatic carbocycles. The molecule has 7 heteroatoms. The summed E-state index contributed by atoms with van der Waals surface area (Å²) in [5.41, 5.74) is -0.286. The number of rotatable bonds is 2. The van der Waals surface area contributed by atoms with Gasteiger partial charge in [-0.2, -0.15) is 0 Å². The highest BCUT2D eigenvalue weighted by atomic mass is 32.1. The second-order valence-electron chi connectivity index (χ2n) is 4.75. The third kappa shape index (κ3) is 2.11. The molecule has 2 rings (SSSR count). The number of thiazole rings is 1. The Balaban J connectivity index is 2.34. The molecule has 18 heavy (non-hydrogen) atoms. The Morgan fingerprint density at radius 2 is 2.22 bits per heavy atom. The SMILES string of the molecule is CC(O)c1csc(N2CC(=O)NC(=O)C2(C)C)n1. The number of anilines is 1. The number of carbonyl (C=O) groups is 2. The lowest BCUT2D eigenvalue weighted by Gasteiger charge is -2.39. The van der Waals surface area contributed by atoms with E-state index in [1.165, 1.54) is 11.3 Å². The first-order valence-electron chi connectivity index (χ1n) is 5.58. The maximum absolute atomic E-state index is 11.8. The Kier molecular flexibility index (Phi) is 3.12. The Morgan fingerprint density at radius 3 is 2.78 bits per heavy atom. The second-order valence-corrected chi connectivity index (χ2v) is 5.59. The van der Waals surface area contributed by atoms with Gasteiger partial charge < -0.3 is 10.0 Å². The van der Waals surface area contributed by atoms with Crippen molar-refractivity contribution in [2.75, 3.05) is 11.4 Å². The van der Waals surface area contributed by atoms with E-state index in [1.807, 2.05) is 0 Å². The van der Waals surface area contributed by atoms with Crippen LogP contribution < -0.4 is 10.2 Å². The predicted octanol–water partition coefficient (Wildman–Crippen LogP) is 0.438. The Labute approximate surface area is 109 Å². The predicted molar refractivity (Wildman–Crippen MR) is 67.3 cm³/mol. The van der Waals surface area contributed by atoms with Gasteiger partial charge in [0.2, 0.25) is 5.91 Å². The third-order valence-corrected chi connectivity index (χ3v) is 3.84. The maximum atomic E-state index is 11.8. The molecule has 0 aromatic carbocycles. The molecule has 0 spiro atoms. The number of piperazine rings is 1. The molecule has 0 radical (unpaired) electrons. The number of carbonyl (C=O) groups excluding carboxylic acids is 2. The van der Waals surface area contributed by atoms with Gasteiger partial charge in [-0.1, -0.05) is 0 Å². The van der Waals surface area contributed by atoms with Crippen molar-refractivity contribution in [3.05, 3.63) is 11.1 Å². The van der Waals surface area contributed by atoms with E-state index in [0.29, 0.717) is 10.8 Å². The first-order chi connectivity index (χ1) is 8.32. The monoisotopic (exact) mass is 269 g/mol. The van der Waals surface area contributed by atoms with Crippen molar-refractivity contribution < 1.29 is 14.7 Å². The molecule has 0 bridgehead atoms. The van der Waals surface area contributed by atoms with E-state index in [9.17, 15) is 14.7 Å². The summed E-state index contributed by atoms with van der Waals surface area (Å²) in [6.07, 6.45) is -0.660. The van der Waals surface area contributed by atoms with Gasteiger partial charge in [0.15, 0.2) is 5.13 Å². The number of amides is 2. The van der Waals surface area contributed by atoms with Crippen LogP contribution in [-0.2, 0) is 9.59 Å². The molecule has 2 amide bonds. The van der Waals surface area contributed by atoms with Gasteiger partial charge in [-0.3, -0.25) is 14.9 Å². The summed E-state index contributed by atoms with van der Waals surface area (Å²) in [6.45, 7) is 5.18. The molecule has 2 N–H and O–H groups in total. The second kappa shape index (κ2) is 4.33. The van der Waals surface area contributed by atoms with E-state index >= 15 is 0 Å². The Hall–Kier alpha value is -1.47. The minimum Gasteiger partial charge on any atom is -0.387 e. The molecule has 1 aliphatic heterocycles. The van der Waals surface area contributed by atoms with E-state index < -0.39 is 11.6 Å². The van der Waals surface area contributed by atoms with Gasteiger partial charge in [-0.25, -0.2) is 4.98 Å². The normalized spacial score (nSPS) is 20.8. The van der Waals surface area contributed by atoms with Crippen molar-refractivity contribution >= 4 is 28.3 Å². The van der Waals surface area contributed by atoms with Crippen LogP contribution in [0.3, 0.4) is 0 Å². The van der Waals surface area contributed by atoms with E-state index in [1.54, 1.807) is 31.1 Å². The van der Waals surface area contributed by atoms with E-state index in [4.69, 9.17) is 0 Å². The lowest BCUT2D eigenvalue weighted by atomic mass is 10.00. The van der Waals surface area contributed by atoms with Crippen LogP contribution in [0, 0.1) is 0 Å².